The van der Waals surface area contributed by atoms with Gasteiger partial charge in [-0.05, 0) is 36.5 Å². The predicted molar refractivity (Wildman–Crippen MR) is 73.3 cm³/mol. The van der Waals surface area contributed by atoms with Gasteiger partial charge in [0, 0.05) is 10.6 Å². The van der Waals surface area contributed by atoms with Gasteiger partial charge in [-0.2, -0.15) is 0 Å². The molecule has 96 valence electrons. The first kappa shape index (κ1) is 12.1. The Morgan fingerprint density at radius 3 is 2.72 bits per heavy atom. The van der Waals surface area contributed by atoms with Crippen molar-refractivity contribution in [1.82, 2.24) is 0 Å². The molecule has 1 saturated carbocycles. The lowest BCUT2D eigenvalue weighted by Crippen LogP contribution is -2.37. The first-order chi connectivity index (χ1) is 8.72. The van der Waals surface area contributed by atoms with Crippen LogP contribution in [0.2, 0.25) is 0 Å². The van der Waals surface area contributed by atoms with E-state index < -0.39 is 11.4 Å². The average molecular weight is 262 g/mol. The number of aliphatic carboxylic acids is 1. The summed E-state index contributed by atoms with van der Waals surface area (Å²) in [5.74, 6) is 0.504. The molecule has 2 aliphatic rings. The fraction of sp³-hybridized carbons (Fsp3) is 0.533. The fourth-order valence-electron chi connectivity index (χ4n) is 3.25. The quantitative estimate of drug-likeness (QED) is 0.884. The molecule has 0 aromatic heterocycles. The molecule has 0 radical (unpaired) electrons. The van der Waals surface area contributed by atoms with Gasteiger partial charge in [0.15, 0.2) is 0 Å². The van der Waals surface area contributed by atoms with E-state index in [1.807, 2.05) is 11.8 Å². The van der Waals surface area contributed by atoms with E-state index >= 15 is 0 Å². The monoisotopic (exact) mass is 262 g/mol. The third kappa shape index (κ3) is 1.85. The lowest BCUT2D eigenvalue weighted by atomic mass is 9.69. The summed E-state index contributed by atoms with van der Waals surface area (Å²) in [6.07, 6.45) is 5.97. The summed E-state index contributed by atoms with van der Waals surface area (Å²) in [4.78, 5) is 13.1. The predicted octanol–water partition coefficient (Wildman–Crippen LogP) is 3.62. The molecule has 1 aromatic carbocycles. The van der Waals surface area contributed by atoms with Crippen molar-refractivity contribution in [3.8, 4) is 0 Å². The topological polar surface area (TPSA) is 37.3 Å². The van der Waals surface area contributed by atoms with Gasteiger partial charge in [0.25, 0.3) is 0 Å². The highest BCUT2D eigenvalue weighted by Crippen LogP contribution is 2.42. The van der Waals surface area contributed by atoms with Crippen LogP contribution in [-0.2, 0) is 16.6 Å². The molecule has 1 heterocycles. The Morgan fingerprint density at radius 2 is 2.00 bits per heavy atom. The first-order valence-corrected chi connectivity index (χ1v) is 7.70. The summed E-state index contributed by atoms with van der Waals surface area (Å²) in [5, 5.41) is 9.68. The molecule has 2 nitrogen and oxygen atoms in total. The van der Waals surface area contributed by atoms with Crippen molar-refractivity contribution in [2.75, 3.05) is 5.75 Å². The number of benzene rings is 1. The van der Waals surface area contributed by atoms with Crippen LogP contribution in [-0.4, -0.2) is 16.8 Å². The molecule has 3 rings (SSSR count). The van der Waals surface area contributed by atoms with E-state index in [9.17, 15) is 9.90 Å². The maximum Gasteiger partial charge on any atom is 0.314 e. The van der Waals surface area contributed by atoms with Crippen LogP contribution in [0.5, 0.6) is 0 Å². The molecule has 1 fully saturated rings. The number of hydrogen-bond donors (Lipinski definition) is 1. The Morgan fingerprint density at radius 1 is 1.22 bits per heavy atom. The smallest absolute Gasteiger partial charge is 0.314 e. The average Bonchev–Trinajstić information content (AvgIpc) is 2.86. The first-order valence-electron chi connectivity index (χ1n) is 6.72. The highest BCUT2D eigenvalue weighted by Gasteiger charge is 2.41. The van der Waals surface area contributed by atoms with Gasteiger partial charge in [-0.3, -0.25) is 4.79 Å². The van der Waals surface area contributed by atoms with Crippen molar-refractivity contribution in [3.05, 3.63) is 29.3 Å². The van der Waals surface area contributed by atoms with Crippen LogP contribution in [0.15, 0.2) is 23.1 Å². The van der Waals surface area contributed by atoms with Crippen molar-refractivity contribution >= 4 is 17.7 Å². The lowest BCUT2D eigenvalue weighted by molar-refractivity contribution is -0.145. The maximum atomic E-state index is 11.8. The summed E-state index contributed by atoms with van der Waals surface area (Å²) in [5.41, 5.74) is 1.80. The molecule has 0 saturated heterocycles. The summed E-state index contributed by atoms with van der Waals surface area (Å²) in [6, 6.07) is 6.35. The van der Waals surface area contributed by atoms with Crippen LogP contribution in [0, 0.1) is 0 Å². The minimum atomic E-state index is -0.634. The van der Waals surface area contributed by atoms with Gasteiger partial charge >= 0.3 is 5.97 Å². The molecule has 0 unspecified atom stereocenters. The minimum Gasteiger partial charge on any atom is -0.481 e. The van der Waals surface area contributed by atoms with Crippen molar-refractivity contribution < 1.29 is 9.90 Å². The molecule has 18 heavy (non-hydrogen) atoms. The van der Waals surface area contributed by atoms with E-state index in [0.29, 0.717) is 0 Å². The third-order valence-corrected chi connectivity index (χ3v) is 5.46. The van der Waals surface area contributed by atoms with Gasteiger partial charge in [-0.25, -0.2) is 0 Å². The van der Waals surface area contributed by atoms with E-state index in [2.05, 4.69) is 18.2 Å². The van der Waals surface area contributed by atoms with Crippen LogP contribution in [0.4, 0.5) is 0 Å². The molecular formula is C15H18O2S. The van der Waals surface area contributed by atoms with Crippen molar-refractivity contribution in [3.63, 3.8) is 0 Å². The van der Waals surface area contributed by atoms with Crippen LogP contribution >= 0.6 is 11.8 Å². The summed E-state index contributed by atoms with van der Waals surface area (Å²) < 4.78 is 0. The number of fused-ring (bicyclic) bond motifs is 1. The molecule has 1 aliphatic carbocycles. The van der Waals surface area contributed by atoms with Crippen molar-refractivity contribution in [2.45, 2.75) is 48.8 Å². The van der Waals surface area contributed by atoms with E-state index in [-0.39, 0.29) is 0 Å². The number of hydrogen-bond acceptors (Lipinski definition) is 2. The van der Waals surface area contributed by atoms with E-state index in [0.717, 1.165) is 43.4 Å². The Bertz CT molecular complexity index is 475. The second-order valence-electron chi connectivity index (χ2n) is 5.37. The summed E-state index contributed by atoms with van der Waals surface area (Å²) >= 11 is 1.86. The third-order valence-electron chi connectivity index (χ3n) is 4.37. The van der Waals surface area contributed by atoms with Gasteiger partial charge in [-0.15, -0.1) is 11.8 Å². The number of thioether (sulfide) groups is 1. The second kappa shape index (κ2) is 4.61. The van der Waals surface area contributed by atoms with Crippen LogP contribution in [0.1, 0.15) is 43.2 Å². The standard InChI is InChI=1S/C15H18O2S/c16-14(17)15(7-2-1-3-8-15)12-5-4-11-6-9-18-13(11)10-12/h4-5,10H,1-3,6-9H2,(H,16,17). The molecule has 3 heteroatoms. The summed E-state index contributed by atoms with van der Waals surface area (Å²) in [6.45, 7) is 0. The van der Waals surface area contributed by atoms with Crippen molar-refractivity contribution in [2.24, 2.45) is 0 Å². The number of aryl methyl sites for hydroxylation is 1. The number of carboxylic acids is 1. The van der Waals surface area contributed by atoms with E-state index in [4.69, 9.17) is 0 Å². The van der Waals surface area contributed by atoms with Crippen molar-refractivity contribution in [1.29, 1.82) is 0 Å². The molecule has 0 spiro atoms. The lowest BCUT2D eigenvalue weighted by Gasteiger charge is -2.34. The second-order valence-corrected chi connectivity index (χ2v) is 6.51. The van der Waals surface area contributed by atoms with Gasteiger partial charge in [0.1, 0.15) is 0 Å². The van der Waals surface area contributed by atoms with Gasteiger partial charge in [0.2, 0.25) is 0 Å². The van der Waals surface area contributed by atoms with Gasteiger partial charge in [-0.1, -0.05) is 31.4 Å². The van der Waals surface area contributed by atoms with Gasteiger partial charge < -0.3 is 5.11 Å². The molecule has 0 atom stereocenters. The normalized spacial score (nSPS) is 21.6. The Labute approximate surface area is 112 Å². The van der Waals surface area contributed by atoms with Crippen LogP contribution < -0.4 is 0 Å². The number of rotatable bonds is 2. The Hall–Kier alpha value is -0.960. The zero-order valence-corrected chi connectivity index (χ0v) is 11.3. The molecular weight excluding hydrogens is 244 g/mol. The molecule has 0 bridgehead atoms. The van der Waals surface area contributed by atoms with E-state index in [1.54, 1.807) is 0 Å². The largest absolute Gasteiger partial charge is 0.481 e. The Balaban J connectivity index is 2.02. The van der Waals surface area contributed by atoms with Crippen LogP contribution in [0.3, 0.4) is 0 Å². The van der Waals surface area contributed by atoms with E-state index in [1.165, 1.54) is 16.9 Å². The van der Waals surface area contributed by atoms with Gasteiger partial charge in [0.05, 0.1) is 5.41 Å². The summed E-state index contributed by atoms with van der Waals surface area (Å²) in [7, 11) is 0. The minimum absolute atomic E-state index is 0.615. The maximum absolute atomic E-state index is 11.8. The zero-order chi connectivity index (χ0) is 12.6. The highest BCUT2D eigenvalue weighted by molar-refractivity contribution is 7.99. The number of carbonyl (C=O) groups is 1. The van der Waals surface area contributed by atoms with Crippen LogP contribution in [0.25, 0.3) is 0 Å². The fourth-order valence-corrected chi connectivity index (χ4v) is 4.35. The number of carboxylic acid groups (broad SMARTS) is 1. The molecule has 0 amide bonds. The SMILES string of the molecule is O=C(O)C1(c2ccc3c(c2)SCC3)CCCCC1. The Kier molecular flexibility index (Phi) is 3.10. The highest BCUT2D eigenvalue weighted by atomic mass is 32.2. The molecule has 1 N–H and O–H groups in total. The zero-order valence-electron chi connectivity index (χ0n) is 10.4. The molecule has 1 aromatic rings. The molecule has 1 aliphatic heterocycles.